The molecule has 0 aromatic heterocycles. The Balaban J connectivity index is 2.01. The SMILES string of the molecule is COCCCCCN1C[C@H](C)C(=O)Nc2ccccc21. The predicted molar refractivity (Wildman–Crippen MR) is 82.2 cm³/mol. The molecule has 4 nitrogen and oxygen atoms in total. The molecule has 1 atom stereocenters. The van der Waals surface area contributed by atoms with E-state index in [1.807, 2.05) is 25.1 Å². The number of hydrogen-bond acceptors (Lipinski definition) is 3. The van der Waals surface area contributed by atoms with Gasteiger partial charge in [-0.1, -0.05) is 19.1 Å². The van der Waals surface area contributed by atoms with Crippen LogP contribution in [0.4, 0.5) is 11.4 Å². The molecule has 2 rings (SSSR count). The van der Waals surface area contributed by atoms with Gasteiger partial charge in [0.1, 0.15) is 0 Å². The zero-order chi connectivity index (χ0) is 14.4. The molecule has 1 heterocycles. The highest BCUT2D eigenvalue weighted by Gasteiger charge is 2.23. The van der Waals surface area contributed by atoms with Crippen LogP contribution in [0.25, 0.3) is 0 Å². The lowest BCUT2D eigenvalue weighted by Gasteiger charge is -2.25. The number of nitrogens with one attached hydrogen (secondary N) is 1. The Labute approximate surface area is 121 Å². The molecule has 4 heteroatoms. The number of benzene rings is 1. The van der Waals surface area contributed by atoms with E-state index in [4.69, 9.17) is 4.74 Å². The fraction of sp³-hybridized carbons (Fsp3) is 0.562. The van der Waals surface area contributed by atoms with Gasteiger partial charge in [0.05, 0.1) is 17.3 Å². The van der Waals surface area contributed by atoms with Crippen LogP contribution in [-0.2, 0) is 9.53 Å². The fourth-order valence-electron chi connectivity index (χ4n) is 2.56. The Kier molecular flexibility index (Phi) is 5.41. The average molecular weight is 276 g/mol. The molecule has 1 N–H and O–H groups in total. The van der Waals surface area contributed by atoms with E-state index in [9.17, 15) is 4.79 Å². The molecule has 110 valence electrons. The number of carbonyl (C=O) groups excluding carboxylic acids is 1. The van der Waals surface area contributed by atoms with Gasteiger partial charge in [-0.15, -0.1) is 0 Å². The summed E-state index contributed by atoms with van der Waals surface area (Å²) in [6.45, 7) is 4.58. The Hall–Kier alpha value is -1.55. The highest BCUT2D eigenvalue weighted by molar-refractivity contribution is 5.97. The second kappa shape index (κ2) is 7.29. The summed E-state index contributed by atoms with van der Waals surface area (Å²) < 4.78 is 5.07. The molecular formula is C16H24N2O2. The van der Waals surface area contributed by atoms with Gasteiger partial charge in [-0.25, -0.2) is 0 Å². The van der Waals surface area contributed by atoms with E-state index >= 15 is 0 Å². The molecule has 0 aliphatic carbocycles. The predicted octanol–water partition coefficient (Wildman–Crippen LogP) is 2.90. The minimum atomic E-state index is 0.0152. The van der Waals surface area contributed by atoms with Crippen molar-refractivity contribution in [3.8, 4) is 0 Å². The number of methoxy groups -OCH3 is 1. The largest absolute Gasteiger partial charge is 0.385 e. The third kappa shape index (κ3) is 3.73. The van der Waals surface area contributed by atoms with Crippen molar-refractivity contribution < 1.29 is 9.53 Å². The van der Waals surface area contributed by atoms with Crippen molar-refractivity contribution in [3.05, 3.63) is 24.3 Å². The number of hydrogen-bond donors (Lipinski definition) is 1. The number of nitrogens with zero attached hydrogens (tertiary/aromatic N) is 1. The summed E-state index contributed by atoms with van der Waals surface area (Å²) in [6, 6.07) is 8.05. The Morgan fingerprint density at radius 3 is 2.90 bits per heavy atom. The maximum absolute atomic E-state index is 12.0. The fourth-order valence-corrected chi connectivity index (χ4v) is 2.56. The van der Waals surface area contributed by atoms with E-state index in [0.29, 0.717) is 0 Å². The van der Waals surface area contributed by atoms with Crippen molar-refractivity contribution in [2.45, 2.75) is 26.2 Å². The van der Waals surface area contributed by atoms with E-state index in [-0.39, 0.29) is 11.8 Å². The van der Waals surface area contributed by atoms with Crippen LogP contribution in [0.2, 0.25) is 0 Å². The van der Waals surface area contributed by atoms with Crippen LogP contribution in [0.5, 0.6) is 0 Å². The standard InChI is InChI=1S/C16H24N2O2/c1-13-12-18(10-6-3-7-11-20-2)15-9-5-4-8-14(15)17-16(13)19/h4-5,8-9,13H,3,6-7,10-12H2,1-2H3,(H,17,19)/t13-/m0/s1. The Bertz CT molecular complexity index is 448. The number of ether oxygens (including phenoxy) is 1. The lowest BCUT2D eigenvalue weighted by Crippen LogP contribution is -2.31. The molecule has 1 aromatic rings. The van der Waals surface area contributed by atoms with Gasteiger partial charge in [0.2, 0.25) is 5.91 Å². The molecule has 0 radical (unpaired) electrons. The van der Waals surface area contributed by atoms with Crippen molar-refractivity contribution in [3.63, 3.8) is 0 Å². The van der Waals surface area contributed by atoms with E-state index in [1.54, 1.807) is 7.11 Å². The van der Waals surface area contributed by atoms with Crippen LogP contribution in [0.1, 0.15) is 26.2 Å². The molecule has 1 aliphatic rings. The number of unbranched alkanes of at least 4 members (excludes halogenated alkanes) is 2. The maximum Gasteiger partial charge on any atom is 0.229 e. The summed E-state index contributed by atoms with van der Waals surface area (Å²) in [5, 5.41) is 3.01. The summed E-state index contributed by atoms with van der Waals surface area (Å²) in [5.74, 6) is 0.126. The van der Waals surface area contributed by atoms with Gasteiger partial charge in [0.15, 0.2) is 0 Å². The van der Waals surface area contributed by atoms with Gasteiger partial charge in [0.25, 0.3) is 0 Å². The molecule has 1 amide bonds. The first-order valence-electron chi connectivity index (χ1n) is 7.36. The van der Waals surface area contributed by atoms with Crippen LogP contribution >= 0.6 is 0 Å². The highest BCUT2D eigenvalue weighted by atomic mass is 16.5. The molecule has 0 saturated heterocycles. The summed E-state index contributed by atoms with van der Waals surface area (Å²) in [7, 11) is 1.74. The Morgan fingerprint density at radius 2 is 2.10 bits per heavy atom. The summed E-state index contributed by atoms with van der Waals surface area (Å²) >= 11 is 0. The smallest absolute Gasteiger partial charge is 0.229 e. The number of anilines is 2. The molecule has 1 aromatic carbocycles. The zero-order valence-electron chi connectivity index (χ0n) is 12.4. The van der Waals surface area contributed by atoms with Gasteiger partial charge in [-0.2, -0.15) is 0 Å². The van der Waals surface area contributed by atoms with E-state index in [0.717, 1.165) is 50.3 Å². The number of para-hydroxylation sites is 2. The maximum atomic E-state index is 12.0. The topological polar surface area (TPSA) is 41.6 Å². The quantitative estimate of drug-likeness (QED) is 0.812. The van der Waals surface area contributed by atoms with E-state index in [2.05, 4.69) is 16.3 Å². The minimum absolute atomic E-state index is 0.0152. The third-order valence-electron chi connectivity index (χ3n) is 3.72. The van der Waals surface area contributed by atoms with Crippen LogP contribution in [-0.4, -0.2) is 32.7 Å². The van der Waals surface area contributed by atoms with Crippen molar-refractivity contribution >= 4 is 17.3 Å². The average Bonchev–Trinajstić information content (AvgIpc) is 2.57. The zero-order valence-corrected chi connectivity index (χ0v) is 12.4. The van der Waals surface area contributed by atoms with Crippen molar-refractivity contribution in [1.82, 2.24) is 0 Å². The van der Waals surface area contributed by atoms with Gasteiger partial charge in [-0.05, 0) is 31.4 Å². The lowest BCUT2D eigenvalue weighted by atomic mass is 10.1. The highest BCUT2D eigenvalue weighted by Crippen LogP contribution is 2.29. The minimum Gasteiger partial charge on any atom is -0.385 e. The van der Waals surface area contributed by atoms with E-state index in [1.165, 1.54) is 0 Å². The second-order valence-electron chi connectivity index (χ2n) is 5.41. The first-order chi connectivity index (χ1) is 9.72. The van der Waals surface area contributed by atoms with Crippen molar-refractivity contribution in [2.24, 2.45) is 5.92 Å². The first kappa shape index (κ1) is 14.9. The van der Waals surface area contributed by atoms with Crippen LogP contribution in [0, 0.1) is 5.92 Å². The molecule has 0 bridgehead atoms. The number of carbonyl (C=O) groups is 1. The van der Waals surface area contributed by atoms with Gasteiger partial charge < -0.3 is 15.0 Å². The molecule has 0 fully saturated rings. The summed E-state index contributed by atoms with van der Waals surface area (Å²) in [4.78, 5) is 14.3. The number of fused-ring (bicyclic) bond motifs is 1. The molecular weight excluding hydrogens is 252 g/mol. The molecule has 0 saturated carbocycles. The molecule has 20 heavy (non-hydrogen) atoms. The summed E-state index contributed by atoms with van der Waals surface area (Å²) in [5.41, 5.74) is 2.07. The van der Waals surface area contributed by atoms with Crippen LogP contribution in [0.15, 0.2) is 24.3 Å². The van der Waals surface area contributed by atoms with Gasteiger partial charge in [-0.3, -0.25) is 4.79 Å². The summed E-state index contributed by atoms with van der Waals surface area (Å²) in [6.07, 6.45) is 3.37. The van der Waals surface area contributed by atoms with Crippen molar-refractivity contribution in [2.75, 3.05) is 37.0 Å². The number of amides is 1. The van der Waals surface area contributed by atoms with Gasteiger partial charge >= 0.3 is 0 Å². The van der Waals surface area contributed by atoms with Gasteiger partial charge in [0, 0.05) is 26.8 Å². The lowest BCUT2D eigenvalue weighted by molar-refractivity contribution is -0.119. The van der Waals surface area contributed by atoms with Crippen LogP contribution < -0.4 is 10.2 Å². The second-order valence-corrected chi connectivity index (χ2v) is 5.41. The van der Waals surface area contributed by atoms with Crippen molar-refractivity contribution in [1.29, 1.82) is 0 Å². The normalized spacial score (nSPS) is 18.4. The third-order valence-corrected chi connectivity index (χ3v) is 3.72. The number of rotatable bonds is 6. The molecule has 0 spiro atoms. The Morgan fingerprint density at radius 1 is 1.30 bits per heavy atom. The first-order valence-corrected chi connectivity index (χ1v) is 7.36. The molecule has 1 aliphatic heterocycles. The molecule has 0 unspecified atom stereocenters. The monoisotopic (exact) mass is 276 g/mol. The van der Waals surface area contributed by atoms with Crippen LogP contribution in [0.3, 0.4) is 0 Å². The van der Waals surface area contributed by atoms with E-state index < -0.39 is 0 Å².